The highest BCUT2D eigenvalue weighted by Crippen LogP contribution is 2.33. The van der Waals surface area contributed by atoms with E-state index in [9.17, 15) is 13.6 Å². The highest BCUT2D eigenvalue weighted by molar-refractivity contribution is 5.96. The molecular formula is C27H30F2N8O3. The molecule has 2 fully saturated rings. The Morgan fingerprint density at radius 1 is 1.02 bits per heavy atom. The summed E-state index contributed by atoms with van der Waals surface area (Å²) in [6, 6.07) is 2.22. The number of anilines is 1. The first-order chi connectivity index (χ1) is 19.5. The number of morpholine rings is 1. The molecule has 4 aromatic rings. The van der Waals surface area contributed by atoms with Gasteiger partial charge in [0.25, 0.3) is 5.91 Å². The molecule has 0 aliphatic carbocycles. The van der Waals surface area contributed by atoms with Crippen LogP contribution in [0, 0.1) is 11.6 Å². The van der Waals surface area contributed by atoms with Gasteiger partial charge < -0.3 is 20.1 Å². The van der Waals surface area contributed by atoms with Crippen LogP contribution in [0.1, 0.15) is 16.8 Å². The van der Waals surface area contributed by atoms with Crippen LogP contribution in [0.5, 0.6) is 0 Å². The number of hydrogen-bond acceptors (Lipinski definition) is 8. The van der Waals surface area contributed by atoms with E-state index >= 15 is 0 Å². The SMILES string of the molecule is CNC(=O)c1cc(F)c(F)c(-c2cnn3cc(-c4cnn(CCN5CCOCC5)c4)c(N[C@H]4CCOC4)nc23)c1. The molecule has 6 rings (SSSR count). The van der Waals surface area contributed by atoms with Gasteiger partial charge in [-0.2, -0.15) is 10.2 Å². The lowest BCUT2D eigenvalue weighted by Crippen LogP contribution is -2.38. The van der Waals surface area contributed by atoms with Gasteiger partial charge >= 0.3 is 0 Å². The van der Waals surface area contributed by atoms with Crippen LogP contribution < -0.4 is 10.6 Å². The topological polar surface area (TPSA) is 111 Å². The van der Waals surface area contributed by atoms with Gasteiger partial charge in [0.1, 0.15) is 5.82 Å². The van der Waals surface area contributed by atoms with Crippen molar-refractivity contribution in [1.29, 1.82) is 0 Å². The number of nitrogens with zero attached hydrogens (tertiary/aromatic N) is 6. The number of halogens is 2. The molecule has 3 aromatic heterocycles. The van der Waals surface area contributed by atoms with E-state index in [1.165, 1.54) is 23.8 Å². The van der Waals surface area contributed by atoms with Crippen LogP contribution in [0.4, 0.5) is 14.6 Å². The minimum atomic E-state index is -1.13. The minimum Gasteiger partial charge on any atom is -0.379 e. The Bertz CT molecular complexity index is 1530. The smallest absolute Gasteiger partial charge is 0.251 e. The quantitative estimate of drug-likeness (QED) is 0.343. The normalized spacial score (nSPS) is 17.9. The molecule has 2 saturated heterocycles. The molecule has 210 valence electrons. The summed E-state index contributed by atoms with van der Waals surface area (Å²) < 4.78 is 43.9. The number of amides is 1. The van der Waals surface area contributed by atoms with Crippen LogP contribution in [0.15, 0.2) is 36.9 Å². The average Bonchev–Trinajstić information content (AvgIpc) is 3.75. The van der Waals surface area contributed by atoms with Crippen molar-refractivity contribution in [2.24, 2.45) is 0 Å². The van der Waals surface area contributed by atoms with Crippen LogP contribution in [0.2, 0.25) is 0 Å². The van der Waals surface area contributed by atoms with Crippen molar-refractivity contribution in [2.75, 3.05) is 58.4 Å². The Morgan fingerprint density at radius 3 is 2.65 bits per heavy atom. The maximum Gasteiger partial charge on any atom is 0.251 e. The predicted molar refractivity (Wildman–Crippen MR) is 143 cm³/mol. The van der Waals surface area contributed by atoms with E-state index in [4.69, 9.17) is 14.5 Å². The van der Waals surface area contributed by atoms with Crippen LogP contribution in [-0.4, -0.2) is 94.3 Å². The van der Waals surface area contributed by atoms with Crippen LogP contribution >= 0.6 is 0 Å². The Balaban J connectivity index is 1.37. The molecule has 2 aliphatic heterocycles. The fourth-order valence-corrected chi connectivity index (χ4v) is 5.02. The molecular weight excluding hydrogens is 522 g/mol. The first kappa shape index (κ1) is 26.3. The molecule has 1 amide bonds. The van der Waals surface area contributed by atoms with E-state index in [1.54, 1.807) is 12.4 Å². The van der Waals surface area contributed by atoms with Crippen LogP contribution in [0.25, 0.3) is 27.9 Å². The second-order valence-corrected chi connectivity index (χ2v) is 9.88. The maximum atomic E-state index is 15.0. The second-order valence-electron chi connectivity index (χ2n) is 9.88. The molecule has 11 nitrogen and oxygen atoms in total. The van der Waals surface area contributed by atoms with Crippen LogP contribution in [-0.2, 0) is 16.0 Å². The van der Waals surface area contributed by atoms with E-state index in [-0.39, 0.29) is 22.7 Å². The van der Waals surface area contributed by atoms with Gasteiger partial charge in [-0.1, -0.05) is 0 Å². The summed E-state index contributed by atoms with van der Waals surface area (Å²) in [4.78, 5) is 19.4. The van der Waals surface area contributed by atoms with E-state index in [0.29, 0.717) is 24.7 Å². The number of carbonyl (C=O) groups is 1. The molecule has 0 bridgehead atoms. The van der Waals surface area contributed by atoms with Crippen molar-refractivity contribution in [3.8, 4) is 22.3 Å². The zero-order chi connectivity index (χ0) is 27.6. The standard InChI is InChI=1S/C27H30F2N8O3/c1-30-27(38)17-10-20(24(29)23(28)11-17)21-13-32-37-15-22(25(34-26(21)37)33-19-2-7-40-16-19)18-12-31-36(14-18)4-3-35-5-8-39-9-6-35/h10-15,19H,2-9,16H2,1H3,(H,30,38)(H,33,34)/t19-/m0/s1. The van der Waals surface area contributed by atoms with Crippen molar-refractivity contribution in [2.45, 2.75) is 19.0 Å². The molecule has 2 aliphatic rings. The molecule has 2 N–H and O–H groups in total. The zero-order valence-corrected chi connectivity index (χ0v) is 22.1. The number of ether oxygens (including phenoxy) is 2. The number of carbonyl (C=O) groups excluding carboxylic acids is 1. The summed E-state index contributed by atoms with van der Waals surface area (Å²) in [5.41, 5.74) is 2.09. The van der Waals surface area contributed by atoms with Gasteiger partial charge in [0.05, 0.1) is 44.8 Å². The lowest BCUT2D eigenvalue weighted by atomic mass is 10.0. The van der Waals surface area contributed by atoms with Gasteiger partial charge in [0.2, 0.25) is 0 Å². The van der Waals surface area contributed by atoms with E-state index in [0.717, 1.165) is 63.0 Å². The van der Waals surface area contributed by atoms with Gasteiger partial charge in [-0.3, -0.25) is 14.4 Å². The molecule has 1 atom stereocenters. The third-order valence-electron chi connectivity index (χ3n) is 7.26. The predicted octanol–water partition coefficient (Wildman–Crippen LogP) is 2.43. The van der Waals surface area contributed by atoms with Gasteiger partial charge in [0, 0.05) is 73.5 Å². The summed E-state index contributed by atoms with van der Waals surface area (Å²) in [5, 5.41) is 14.8. The van der Waals surface area contributed by atoms with Crippen LogP contribution in [0.3, 0.4) is 0 Å². The molecule has 0 radical (unpaired) electrons. The van der Waals surface area contributed by atoms with Crippen molar-refractivity contribution in [3.63, 3.8) is 0 Å². The molecule has 0 saturated carbocycles. The first-order valence-corrected chi connectivity index (χ1v) is 13.3. The third-order valence-corrected chi connectivity index (χ3v) is 7.26. The summed E-state index contributed by atoms with van der Waals surface area (Å²) in [5.74, 6) is -2.17. The Labute approximate surface area is 229 Å². The number of fused-ring (bicyclic) bond motifs is 1. The number of hydrogen-bond donors (Lipinski definition) is 2. The van der Waals surface area contributed by atoms with Crippen molar-refractivity contribution < 1.29 is 23.0 Å². The van der Waals surface area contributed by atoms with Crippen molar-refractivity contribution in [1.82, 2.24) is 34.6 Å². The molecule has 13 heteroatoms. The Hall–Kier alpha value is -3.94. The lowest BCUT2D eigenvalue weighted by Gasteiger charge is -2.26. The third kappa shape index (κ3) is 5.27. The monoisotopic (exact) mass is 552 g/mol. The summed E-state index contributed by atoms with van der Waals surface area (Å²) in [7, 11) is 1.43. The fraction of sp³-hybridized carbons (Fsp3) is 0.407. The summed E-state index contributed by atoms with van der Waals surface area (Å²) in [6.45, 7) is 6.08. The number of nitrogens with one attached hydrogen (secondary N) is 2. The average molecular weight is 553 g/mol. The largest absolute Gasteiger partial charge is 0.379 e. The number of benzene rings is 1. The molecule has 40 heavy (non-hydrogen) atoms. The molecule has 0 unspecified atom stereocenters. The second kappa shape index (κ2) is 11.3. The molecule has 5 heterocycles. The van der Waals surface area contributed by atoms with Gasteiger partial charge in [-0.25, -0.2) is 18.3 Å². The van der Waals surface area contributed by atoms with E-state index in [1.807, 2.05) is 10.9 Å². The van der Waals surface area contributed by atoms with Gasteiger partial charge in [-0.15, -0.1) is 0 Å². The van der Waals surface area contributed by atoms with Crippen molar-refractivity contribution >= 4 is 17.4 Å². The van der Waals surface area contributed by atoms with E-state index < -0.39 is 17.5 Å². The highest BCUT2D eigenvalue weighted by atomic mass is 19.2. The molecule has 0 spiro atoms. The number of aromatic nitrogens is 5. The summed E-state index contributed by atoms with van der Waals surface area (Å²) >= 11 is 0. The highest BCUT2D eigenvalue weighted by Gasteiger charge is 2.23. The first-order valence-electron chi connectivity index (χ1n) is 13.3. The lowest BCUT2D eigenvalue weighted by molar-refractivity contribution is 0.0360. The Morgan fingerprint density at radius 2 is 1.88 bits per heavy atom. The van der Waals surface area contributed by atoms with Gasteiger partial charge in [-0.05, 0) is 18.6 Å². The van der Waals surface area contributed by atoms with Gasteiger partial charge in [0.15, 0.2) is 17.3 Å². The molecule has 1 aromatic carbocycles. The number of rotatable bonds is 8. The maximum absolute atomic E-state index is 15.0. The van der Waals surface area contributed by atoms with Crippen molar-refractivity contribution in [3.05, 3.63) is 54.1 Å². The summed E-state index contributed by atoms with van der Waals surface area (Å²) in [6.07, 6.45) is 7.78. The fourth-order valence-electron chi connectivity index (χ4n) is 5.02. The Kier molecular flexibility index (Phi) is 7.41. The zero-order valence-electron chi connectivity index (χ0n) is 22.1. The minimum absolute atomic E-state index is 0.00156. The van der Waals surface area contributed by atoms with E-state index in [2.05, 4.69) is 25.7 Å².